The number of hydrogen-bond donors (Lipinski definition) is 2. The van der Waals surface area contributed by atoms with E-state index in [1.54, 1.807) is 0 Å². The van der Waals surface area contributed by atoms with Gasteiger partial charge in [-0.2, -0.15) is 0 Å². The average Bonchev–Trinajstić information content (AvgIpc) is 2.36. The summed E-state index contributed by atoms with van der Waals surface area (Å²) in [6, 6.07) is 0.106. The number of piperidine rings is 1. The number of hydrogen-bond acceptors (Lipinski definition) is 3. The molecule has 3 N–H and O–H groups in total. The van der Waals surface area contributed by atoms with Gasteiger partial charge in [0.2, 0.25) is 11.8 Å². The Balaban J connectivity index is 0.00000324. The van der Waals surface area contributed by atoms with Crippen molar-refractivity contribution in [3.05, 3.63) is 0 Å². The number of carbonyl (C=O) groups excluding carboxylic acids is 2. The smallest absolute Gasteiger partial charge is 0.242 e. The molecule has 0 bridgehead atoms. The number of nitrogens with two attached hydrogens (primary N) is 1. The summed E-state index contributed by atoms with van der Waals surface area (Å²) in [6.07, 6.45) is 4.39. The van der Waals surface area contributed by atoms with Crippen molar-refractivity contribution in [3.8, 4) is 0 Å². The number of likely N-dealkylation sites (tertiary alicyclic amines) is 1. The van der Waals surface area contributed by atoms with Crippen molar-refractivity contribution in [2.45, 2.75) is 58.0 Å². The van der Waals surface area contributed by atoms with Gasteiger partial charge in [-0.25, -0.2) is 0 Å². The van der Waals surface area contributed by atoms with Crippen molar-refractivity contribution in [1.82, 2.24) is 10.2 Å². The van der Waals surface area contributed by atoms with Gasteiger partial charge in [0.05, 0.1) is 6.54 Å². The number of carbonyl (C=O) groups is 2. The third-order valence-corrected chi connectivity index (χ3v) is 3.39. The highest BCUT2D eigenvalue weighted by Crippen LogP contribution is 2.18. The van der Waals surface area contributed by atoms with Gasteiger partial charge in [0.1, 0.15) is 0 Å². The molecule has 2 atom stereocenters. The highest BCUT2D eigenvalue weighted by Gasteiger charge is 2.28. The van der Waals surface area contributed by atoms with Crippen LogP contribution in [0.2, 0.25) is 0 Å². The molecule has 19 heavy (non-hydrogen) atoms. The predicted octanol–water partition coefficient (Wildman–Crippen LogP) is 1.05. The fourth-order valence-electron chi connectivity index (χ4n) is 2.40. The lowest BCUT2D eigenvalue weighted by Crippen LogP contribution is -2.54. The number of nitrogens with one attached hydrogen (secondary N) is 1. The summed E-state index contributed by atoms with van der Waals surface area (Å²) < 4.78 is 0. The van der Waals surface area contributed by atoms with E-state index >= 15 is 0 Å². The Labute approximate surface area is 121 Å². The summed E-state index contributed by atoms with van der Waals surface area (Å²) in [6.45, 7) is 4.74. The predicted molar refractivity (Wildman–Crippen MR) is 78.2 cm³/mol. The topological polar surface area (TPSA) is 75.4 Å². The summed E-state index contributed by atoms with van der Waals surface area (Å²) in [7, 11) is 0. The maximum atomic E-state index is 12.1. The van der Waals surface area contributed by atoms with E-state index in [1.165, 1.54) is 0 Å². The van der Waals surface area contributed by atoms with Crippen LogP contribution in [0.5, 0.6) is 0 Å². The van der Waals surface area contributed by atoms with E-state index in [2.05, 4.69) is 5.32 Å². The first-order valence-electron chi connectivity index (χ1n) is 6.88. The largest absolute Gasteiger partial charge is 0.347 e. The van der Waals surface area contributed by atoms with Crippen LogP contribution >= 0.6 is 12.4 Å². The van der Waals surface area contributed by atoms with Crippen molar-refractivity contribution >= 4 is 24.2 Å². The lowest BCUT2D eigenvalue weighted by atomic mass is 9.97. The summed E-state index contributed by atoms with van der Waals surface area (Å²) in [5.41, 5.74) is 5.92. The Morgan fingerprint density at radius 1 is 1.42 bits per heavy atom. The molecule has 0 spiro atoms. The van der Waals surface area contributed by atoms with Crippen LogP contribution in [0.1, 0.15) is 46.0 Å². The van der Waals surface area contributed by atoms with Crippen molar-refractivity contribution in [2.24, 2.45) is 5.73 Å². The Kier molecular flexibility index (Phi) is 8.76. The molecule has 1 fully saturated rings. The van der Waals surface area contributed by atoms with Gasteiger partial charge in [-0.05, 0) is 32.6 Å². The molecule has 1 aliphatic heterocycles. The first kappa shape index (κ1) is 18.2. The minimum Gasteiger partial charge on any atom is -0.347 e. The van der Waals surface area contributed by atoms with Gasteiger partial charge >= 0.3 is 0 Å². The van der Waals surface area contributed by atoms with Crippen LogP contribution in [0, 0.1) is 0 Å². The second-order valence-corrected chi connectivity index (χ2v) is 5.04. The molecule has 1 saturated heterocycles. The fraction of sp³-hybridized carbons (Fsp3) is 0.846. The van der Waals surface area contributed by atoms with Gasteiger partial charge in [0.15, 0.2) is 0 Å². The van der Waals surface area contributed by atoms with Crippen LogP contribution < -0.4 is 11.1 Å². The van der Waals surface area contributed by atoms with E-state index in [1.807, 2.05) is 18.7 Å². The van der Waals surface area contributed by atoms with Crippen molar-refractivity contribution in [2.75, 3.05) is 13.1 Å². The van der Waals surface area contributed by atoms with Crippen LogP contribution in [-0.4, -0.2) is 41.9 Å². The maximum Gasteiger partial charge on any atom is 0.242 e. The zero-order chi connectivity index (χ0) is 13.5. The third-order valence-electron chi connectivity index (χ3n) is 3.39. The van der Waals surface area contributed by atoms with Crippen molar-refractivity contribution in [1.29, 1.82) is 0 Å². The molecule has 2 unspecified atom stereocenters. The summed E-state index contributed by atoms with van der Waals surface area (Å²) in [4.78, 5) is 25.3. The molecular weight excluding hydrogens is 266 g/mol. The van der Waals surface area contributed by atoms with Crippen molar-refractivity contribution in [3.63, 3.8) is 0 Å². The van der Waals surface area contributed by atoms with E-state index in [-0.39, 0.29) is 42.8 Å². The lowest BCUT2D eigenvalue weighted by molar-refractivity contribution is -0.136. The van der Waals surface area contributed by atoms with E-state index in [0.717, 1.165) is 32.2 Å². The quantitative estimate of drug-likeness (QED) is 0.795. The molecule has 1 heterocycles. The maximum absolute atomic E-state index is 12.1. The second-order valence-electron chi connectivity index (χ2n) is 5.04. The van der Waals surface area contributed by atoms with Crippen LogP contribution in [0.15, 0.2) is 0 Å². The van der Waals surface area contributed by atoms with E-state index in [9.17, 15) is 9.59 Å². The zero-order valence-electron chi connectivity index (χ0n) is 11.9. The van der Waals surface area contributed by atoms with Crippen LogP contribution in [-0.2, 0) is 9.59 Å². The Hall–Kier alpha value is -0.810. The minimum absolute atomic E-state index is 0. The summed E-state index contributed by atoms with van der Waals surface area (Å²) in [5, 5.41) is 2.67. The van der Waals surface area contributed by atoms with Gasteiger partial charge < -0.3 is 16.0 Å². The van der Waals surface area contributed by atoms with Crippen molar-refractivity contribution < 1.29 is 9.59 Å². The number of halogens is 1. The molecule has 112 valence electrons. The van der Waals surface area contributed by atoms with Crippen LogP contribution in [0.4, 0.5) is 0 Å². The highest BCUT2D eigenvalue weighted by atomic mass is 35.5. The van der Waals surface area contributed by atoms with E-state index in [0.29, 0.717) is 6.42 Å². The SMILES string of the molecule is CCCC(=O)NCC(=O)N1CCCCC1C(C)N.Cl. The molecule has 2 amide bonds. The normalized spacial score (nSPS) is 20.4. The standard InChI is InChI=1S/C13H25N3O2.ClH/c1-3-6-12(17)15-9-13(18)16-8-5-4-7-11(16)10(2)14;/h10-11H,3-9,14H2,1-2H3,(H,15,17);1H. The van der Waals surface area contributed by atoms with E-state index in [4.69, 9.17) is 5.73 Å². The van der Waals surface area contributed by atoms with Gasteiger partial charge in [0, 0.05) is 25.0 Å². The first-order chi connectivity index (χ1) is 8.56. The van der Waals surface area contributed by atoms with Gasteiger partial charge in [0.25, 0.3) is 0 Å². The molecule has 5 nitrogen and oxygen atoms in total. The Bertz CT molecular complexity index is 298. The summed E-state index contributed by atoms with van der Waals surface area (Å²) in [5.74, 6) is -0.0679. The fourth-order valence-corrected chi connectivity index (χ4v) is 2.40. The molecule has 1 aliphatic rings. The number of rotatable bonds is 5. The van der Waals surface area contributed by atoms with Gasteiger partial charge in [-0.15, -0.1) is 12.4 Å². The first-order valence-corrected chi connectivity index (χ1v) is 6.88. The second kappa shape index (κ2) is 9.15. The van der Waals surface area contributed by atoms with Gasteiger partial charge in [-0.1, -0.05) is 6.92 Å². The summed E-state index contributed by atoms with van der Waals surface area (Å²) >= 11 is 0. The molecular formula is C13H26ClN3O2. The van der Waals surface area contributed by atoms with E-state index < -0.39 is 0 Å². The monoisotopic (exact) mass is 291 g/mol. The molecule has 6 heteroatoms. The Morgan fingerprint density at radius 2 is 2.11 bits per heavy atom. The zero-order valence-corrected chi connectivity index (χ0v) is 12.7. The van der Waals surface area contributed by atoms with Gasteiger partial charge in [-0.3, -0.25) is 9.59 Å². The molecule has 0 aliphatic carbocycles. The lowest BCUT2D eigenvalue weighted by Gasteiger charge is -2.38. The van der Waals surface area contributed by atoms with Crippen LogP contribution in [0.3, 0.4) is 0 Å². The average molecular weight is 292 g/mol. The number of amides is 2. The molecule has 0 radical (unpaired) electrons. The highest BCUT2D eigenvalue weighted by molar-refractivity contribution is 5.85. The number of nitrogens with zero attached hydrogens (tertiary/aromatic N) is 1. The third kappa shape index (κ3) is 5.78. The Morgan fingerprint density at radius 3 is 2.68 bits per heavy atom. The van der Waals surface area contributed by atoms with Crippen LogP contribution in [0.25, 0.3) is 0 Å². The molecule has 1 rings (SSSR count). The molecule has 0 aromatic rings. The molecule has 0 aromatic carbocycles. The molecule has 0 saturated carbocycles. The molecule has 0 aromatic heterocycles. The minimum atomic E-state index is -0.0554.